The second-order valence-corrected chi connectivity index (χ2v) is 15.5. The predicted octanol–water partition coefficient (Wildman–Crippen LogP) is 10.4. The molecule has 4 heteroatoms. The van der Waals surface area contributed by atoms with Crippen molar-refractivity contribution in [2.45, 2.75) is 104 Å². The van der Waals surface area contributed by atoms with Crippen LogP contribution in [-0.2, 0) is 10.8 Å². The van der Waals surface area contributed by atoms with Gasteiger partial charge in [-0.25, -0.2) is 0 Å². The van der Waals surface area contributed by atoms with Crippen LogP contribution in [0.4, 0.5) is 0 Å². The molecule has 0 amide bonds. The average molecular weight is 637 g/mol. The van der Waals surface area contributed by atoms with E-state index in [1.165, 1.54) is 22.3 Å². The third-order valence-corrected chi connectivity index (χ3v) is 12.7. The quantitative estimate of drug-likeness (QED) is 0.140. The van der Waals surface area contributed by atoms with Gasteiger partial charge in [-0.1, -0.05) is 62.4 Å². The van der Waals surface area contributed by atoms with E-state index in [9.17, 15) is 0 Å². The van der Waals surface area contributed by atoms with Crippen molar-refractivity contribution in [1.82, 2.24) is 0 Å². The van der Waals surface area contributed by atoms with Crippen molar-refractivity contribution in [3.63, 3.8) is 0 Å². The number of aryl methyl sites for hydroxylation is 4. The van der Waals surface area contributed by atoms with Crippen LogP contribution in [0.2, 0.25) is 0 Å². The minimum absolute atomic E-state index is 0.146. The van der Waals surface area contributed by atoms with Gasteiger partial charge in [0.15, 0.2) is 0 Å². The summed E-state index contributed by atoms with van der Waals surface area (Å²) in [5, 5.41) is 19.6. The van der Waals surface area contributed by atoms with Gasteiger partial charge < -0.3 is 20.4 Å². The SMILES string of the molecule is [2H]Oc1ccc(C2(c3ccc(O[2H])c(C)c3)CCC(C(C)(C)C3CCC(c4ccc(O[2H])c(C)c4)(c4ccc(O[2H])c(C)c4)CC3)CC2)cc1C. The summed E-state index contributed by atoms with van der Waals surface area (Å²) in [5.41, 5.74) is 8.68. The van der Waals surface area contributed by atoms with Crippen LogP contribution in [0.5, 0.6) is 23.0 Å². The molecule has 0 unspecified atom stereocenters. The van der Waals surface area contributed by atoms with Gasteiger partial charge in [0.1, 0.15) is 23.0 Å². The summed E-state index contributed by atoms with van der Waals surface area (Å²) in [4.78, 5) is 0. The van der Waals surface area contributed by atoms with Crippen molar-refractivity contribution in [3.05, 3.63) is 117 Å². The molecule has 2 saturated carbocycles. The fourth-order valence-corrected chi connectivity index (χ4v) is 9.32. The summed E-state index contributed by atoms with van der Waals surface area (Å²) in [6.07, 6.45) is 8.53. The Balaban J connectivity index is 1.27. The number of hydrogen-bond donors (Lipinski definition) is 4. The Labute approximate surface area is 287 Å². The third kappa shape index (κ3) is 5.79. The monoisotopic (exact) mass is 636 g/mol. The molecule has 0 bridgehead atoms. The van der Waals surface area contributed by atoms with Crippen LogP contribution in [0, 0.1) is 44.9 Å². The molecule has 0 aromatic heterocycles. The summed E-state index contributed by atoms with van der Waals surface area (Å²) in [7, 11) is 0. The Hall–Kier alpha value is -3.92. The van der Waals surface area contributed by atoms with E-state index in [4.69, 9.17) is 26.2 Å². The zero-order valence-electron chi connectivity index (χ0n) is 32.9. The number of phenolic OH excluding ortho intramolecular Hbond substituents is 4. The highest BCUT2D eigenvalue weighted by atomic mass is 16.3. The van der Waals surface area contributed by atoms with Crippen molar-refractivity contribution in [3.8, 4) is 23.0 Å². The molecule has 4 aromatic carbocycles. The van der Waals surface area contributed by atoms with Crippen molar-refractivity contribution in [2.24, 2.45) is 17.3 Å². The van der Waals surface area contributed by atoms with Gasteiger partial charge in [0.05, 0.1) is 0 Å². The number of hydrogen-bond acceptors (Lipinski definition) is 4. The van der Waals surface area contributed by atoms with Gasteiger partial charge in [-0.05, 0) is 165 Å². The lowest BCUT2D eigenvalue weighted by molar-refractivity contribution is 0.0364. The van der Waals surface area contributed by atoms with Gasteiger partial charge in [0, 0.05) is 10.8 Å². The second-order valence-electron chi connectivity index (χ2n) is 15.5. The number of benzene rings is 4. The molecular formula is C43H52O4. The van der Waals surface area contributed by atoms with E-state index in [1.807, 2.05) is 52.0 Å². The average Bonchev–Trinajstić information content (AvgIpc) is 3.14. The lowest BCUT2D eigenvalue weighted by Crippen LogP contribution is -2.43. The minimum atomic E-state index is -0.176. The standard InChI is InChI=1S/C43H52O4/c1-27-23-33(7-11-37(27)44)42(34-8-12-38(45)28(2)24-34)19-15-31(16-20-42)41(5,6)32-17-21-43(22-18-32,35-9-13-39(46)29(3)25-35)36-10-14-40(47)30(4)26-36/h7-14,23-26,31-32,44-47H,15-22H2,1-6H3/i/hD4. The molecule has 4 nitrogen and oxygen atoms in total. The highest BCUT2D eigenvalue weighted by Gasteiger charge is 2.48. The maximum absolute atomic E-state index is 7.50. The van der Waals surface area contributed by atoms with Crippen LogP contribution in [0.25, 0.3) is 0 Å². The minimum Gasteiger partial charge on any atom is -0.508 e. The number of rotatable bonds is 10. The highest BCUT2D eigenvalue weighted by molar-refractivity contribution is 5.49. The summed E-state index contributed by atoms with van der Waals surface area (Å²) >= 11 is 0. The summed E-state index contributed by atoms with van der Waals surface area (Å²) < 4.78 is 30.0. The van der Waals surface area contributed by atoms with E-state index in [1.54, 1.807) is 0 Å². The molecule has 0 heterocycles. The summed E-state index contributed by atoms with van der Waals surface area (Å²) in [5.74, 6) is 3.47. The summed E-state index contributed by atoms with van der Waals surface area (Å²) in [6.45, 7) is 13.1. The van der Waals surface area contributed by atoms with Crippen molar-refractivity contribution in [2.75, 3.05) is 0 Å². The Morgan fingerprint density at radius 1 is 0.489 bits per heavy atom. The molecule has 4 N–H and O–H groups in total. The predicted molar refractivity (Wildman–Crippen MR) is 191 cm³/mol. The van der Waals surface area contributed by atoms with Crippen molar-refractivity contribution < 1.29 is 20.4 Å². The fourth-order valence-electron chi connectivity index (χ4n) is 9.32. The molecule has 2 fully saturated rings. The van der Waals surface area contributed by atoms with Gasteiger partial charge in [-0.2, -0.15) is 0 Å². The topological polar surface area (TPSA) is 80.9 Å². The maximum Gasteiger partial charge on any atom is 0.293 e. The lowest BCUT2D eigenvalue weighted by Gasteiger charge is -2.52. The van der Waals surface area contributed by atoms with Crippen molar-refractivity contribution in [1.29, 1.82) is 5.72 Å². The molecule has 2 aliphatic rings. The highest BCUT2D eigenvalue weighted by Crippen LogP contribution is 2.57. The lowest BCUT2D eigenvalue weighted by atomic mass is 9.53. The number of aromatic hydroxyl groups is 4. The van der Waals surface area contributed by atoms with Crippen LogP contribution >= 0.6 is 0 Å². The van der Waals surface area contributed by atoms with Gasteiger partial charge in [0.2, 0.25) is 0 Å². The third-order valence-electron chi connectivity index (χ3n) is 12.7. The van der Waals surface area contributed by atoms with Crippen LogP contribution < -0.4 is 0 Å². The maximum atomic E-state index is 7.50. The van der Waals surface area contributed by atoms with E-state index >= 15 is 0 Å². The smallest absolute Gasteiger partial charge is 0.293 e. The molecule has 0 saturated heterocycles. The number of phenols is 4. The van der Waals surface area contributed by atoms with E-state index in [-0.39, 0.29) is 16.2 Å². The van der Waals surface area contributed by atoms with Gasteiger partial charge in [0.25, 0.3) is 5.72 Å². The Morgan fingerprint density at radius 3 is 0.957 bits per heavy atom. The van der Waals surface area contributed by atoms with E-state index in [0.717, 1.165) is 73.6 Å². The molecule has 4 aromatic rings. The Bertz CT molecular complexity index is 1610. The van der Waals surface area contributed by atoms with Crippen LogP contribution in [0.3, 0.4) is 0 Å². The van der Waals surface area contributed by atoms with E-state index in [2.05, 4.69) is 62.4 Å². The molecule has 0 radical (unpaired) electrons. The van der Waals surface area contributed by atoms with Crippen LogP contribution in [-0.4, -0.2) is 26.2 Å². The molecule has 0 atom stereocenters. The largest absolute Gasteiger partial charge is 0.508 e. The Kier molecular flexibility index (Phi) is 7.34. The first-order valence-corrected chi connectivity index (χ1v) is 17.4. The fraction of sp³-hybridized carbons (Fsp3) is 0.442. The van der Waals surface area contributed by atoms with E-state index < -0.39 is 0 Å². The second kappa shape index (κ2) is 12.3. The van der Waals surface area contributed by atoms with Gasteiger partial charge >= 0.3 is 0 Å². The van der Waals surface area contributed by atoms with Crippen molar-refractivity contribution >= 4 is 0 Å². The first-order valence-electron chi connectivity index (χ1n) is 19.0. The molecular weight excluding hydrogens is 580 g/mol. The van der Waals surface area contributed by atoms with Gasteiger partial charge in [-0.15, -0.1) is 0 Å². The first-order chi connectivity index (χ1) is 24.4. The first kappa shape index (κ1) is 28.1. The van der Waals surface area contributed by atoms with Crippen LogP contribution in [0.15, 0.2) is 72.8 Å². The normalized spacial score (nSPS) is 19.5. The molecule has 0 spiro atoms. The van der Waals surface area contributed by atoms with E-state index in [0.29, 0.717) is 34.8 Å². The molecule has 2 aliphatic carbocycles. The molecule has 248 valence electrons. The molecule has 0 aliphatic heterocycles. The Morgan fingerprint density at radius 2 is 0.745 bits per heavy atom. The summed E-state index contributed by atoms with van der Waals surface area (Å²) in [6, 6.07) is 25.1. The van der Waals surface area contributed by atoms with Crippen LogP contribution in [0.1, 0.15) is 110 Å². The van der Waals surface area contributed by atoms with Gasteiger partial charge in [-0.3, -0.25) is 0 Å². The zero-order valence-corrected chi connectivity index (χ0v) is 28.9. The molecule has 47 heavy (non-hydrogen) atoms. The molecule has 6 rings (SSSR count). The zero-order chi connectivity index (χ0) is 36.6.